The van der Waals surface area contributed by atoms with Gasteiger partial charge in [0.1, 0.15) is 11.5 Å². The zero-order valence-electron chi connectivity index (χ0n) is 22.1. The molecule has 0 radical (unpaired) electrons. The van der Waals surface area contributed by atoms with Gasteiger partial charge in [-0.15, -0.1) is 0 Å². The molecule has 6 aromatic rings. The van der Waals surface area contributed by atoms with E-state index in [-0.39, 0.29) is 0 Å². The summed E-state index contributed by atoms with van der Waals surface area (Å²) in [5, 5.41) is 4.80. The van der Waals surface area contributed by atoms with Gasteiger partial charge in [-0.1, -0.05) is 84.9 Å². The van der Waals surface area contributed by atoms with Gasteiger partial charge in [-0.2, -0.15) is 0 Å². The van der Waals surface area contributed by atoms with E-state index in [1.807, 2.05) is 0 Å². The van der Waals surface area contributed by atoms with Crippen molar-refractivity contribution in [3.63, 3.8) is 0 Å². The van der Waals surface area contributed by atoms with Crippen molar-refractivity contribution >= 4 is 21.5 Å². The molecule has 1 aliphatic carbocycles. The zero-order chi connectivity index (χ0) is 25.8. The van der Waals surface area contributed by atoms with E-state index in [9.17, 15) is 0 Å². The van der Waals surface area contributed by atoms with E-state index in [0.29, 0.717) is 0 Å². The SMILES string of the molecule is Cc1cc2ccc3c(c2cc1C)Oc1c(ccc2cc(C)c(C)cc12)C31c2ccccc2-c2ccccc21. The molecule has 1 heteroatoms. The first kappa shape index (κ1) is 21.7. The molecule has 182 valence electrons. The summed E-state index contributed by atoms with van der Waals surface area (Å²) < 4.78 is 7.11. The molecule has 1 heterocycles. The van der Waals surface area contributed by atoms with E-state index in [0.717, 1.165) is 11.5 Å². The topological polar surface area (TPSA) is 9.23 Å². The van der Waals surface area contributed by atoms with Crippen LogP contribution in [0, 0.1) is 27.7 Å². The quantitative estimate of drug-likeness (QED) is 0.206. The predicted octanol–water partition coefficient (Wildman–Crippen LogP) is 9.70. The van der Waals surface area contributed by atoms with Gasteiger partial charge in [0.05, 0.1) is 5.41 Å². The highest BCUT2D eigenvalue weighted by Crippen LogP contribution is 2.63. The first-order chi connectivity index (χ1) is 18.5. The third-order valence-corrected chi connectivity index (χ3v) is 9.13. The number of ether oxygens (including phenoxy) is 1. The highest BCUT2D eigenvalue weighted by Gasteiger charge is 2.51. The van der Waals surface area contributed by atoms with Crippen LogP contribution >= 0.6 is 0 Å². The molecule has 0 amide bonds. The van der Waals surface area contributed by atoms with Crippen molar-refractivity contribution < 1.29 is 4.74 Å². The molecule has 38 heavy (non-hydrogen) atoms. The van der Waals surface area contributed by atoms with Crippen molar-refractivity contribution in [1.29, 1.82) is 0 Å². The molecule has 0 saturated heterocycles. The number of aryl methyl sites for hydroxylation is 4. The van der Waals surface area contributed by atoms with Crippen molar-refractivity contribution in [3.05, 3.63) is 142 Å². The number of hydrogen-bond acceptors (Lipinski definition) is 1. The molecule has 0 unspecified atom stereocenters. The molecule has 6 aromatic carbocycles. The van der Waals surface area contributed by atoms with Crippen LogP contribution in [0.25, 0.3) is 32.7 Å². The molecule has 2 aliphatic rings. The van der Waals surface area contributed by atoms with Gasteiger partial charge in [-0.05, 0) is 95.1 Å². The van der Waals surface area contributed by atoms with E-state index in [2.05, 4.69) is 125 Å². The Morgan fingerprint density at radius 2 is 0.868 bits per heavy atom. The molecular weight excluding hydrogens is 460 g/mol. The second kappa shape index (κ2) is 7.36. The van der Waals surface area contributed by atoms with Crippen LogP contribution in [0.2, 0.25) is 0 Å². The molecule has 8 rings (SSSR count). The van der Waals surface area contributed by atoms with Gasteiger partial charge in [0, 0.05) is 21.9 Å². The average molecular weight is 489 g/mol. The van der Waals surface area contributed by atoms with Crippen molar-refractivity contribution in [1.82, 2.24) is 0 Å². The molecule has 1 nitrogen and oxygen atoms in total. The van der Waals surface area contributed by atoms with E-state index in [4.69, 9.17) is 4.74 Å². The molecule has 1 aliphatic heterocycles. The van der Waals surface area contributed by atoms with Crippen molar-refractivity contribution in [2.45, 2.75) is 33.1 Å². The molecule has 0 N–H and O–H groups in total. The highest BCUT2D eigenvalue weighted by molar-refractivity contribution is 6.00. The standard InChI is InChI=1S/C37H28O/c1-21-17-25-13-15-33-35(29(25)19-23(21)3)38-36-30-20-24(4)22(2)18-26(30)14-16-34(36)37(33)31-11-7-5-9-27(31)28-10-6-8-12-32(28)37/h5-20H,1-4H3. The molecule has 0 fully saturated rings. The molecule has 0 saturated carbocycles. The van der Waals surface area contributed by atoms with Crippen LogP contribution in [0.1, 0.15) is 44.5 Å². The summed E-state index contributed by atoms with van der Waals surface area (Å²) in [6.45, 7) is 8.77. The Kier molecular flexibility index (Phi) is 4.20. The largest absolute Gasteiger partial charge is 0.455 e. The Hall–Kier alpha value is -4.36. The van der Waals surface area contributed by atoms with Gasteiger partial charge in [0.25, 0.3) is 0 Å². The summed E-state index contributed by atoms with van der Waals surface area (Å²) in [6, 6.07) is 36.3. The van der Waals surface area contributed by atoms with Gasteiger partial charge in [0.2, 0.25) is 0 Å². The lowest BCUT2D eigenvalue weighted by Crippen LogP contribution is -2.32. The average Bonchev–Trinajstić information content (AvgIpc) is 3.21. The summed E-state index contributed by atoms with van der Waals surface area (Å²) in [5.74, 6) is 1.96. The summed E-state index contributed by atoms with van der Waals surface area (Å²) >= 11 is 0. The summed E-state index contributed by atoms with van der Waals surface area (Å²) in [6.07, 6.45) is 0. The van der Waals surface area contributed by atoms with Gasteiger partial charge in [-0.25, -0.2) is 0 Å². The maximum Gasteiger partial charge on any atom is 0.140 e. The molecule has 1 spiro atoms. The molecular formula is C37H28O. The van der Waals surface area contributed by atoms with Gasteiger partial charge < -0.3 is 4.74 Å². The summed E-state index contributed by atoms with van der Waals surface area (Å²) in [4.78, 5) is 0. The smallest absolute Gasteiger partial charge is 0.140 e. The second-order valence-corrected chi connectivity index (χ2v) is 11.1. The maximum atomic E-state index is 7.11. The first-order valence-corrected chi connectivity index (χ1v) is 13.4. The Balaban J connectivity index is 1.61. The van der Waals surface area contributed by atoms with Gasteiger partial charge in [-0.3, -0.25) is 0 Å². The first-order valence-electron chi connectivity index (χ1n) is 13.4. The minimum Gasteiger partial charge on any atom is -0.455 e. The monoisotopic (exact) mass is 488 g/mol. The fraction of sp³-hybridized carbons (Fsp3) is 0.135. The fourth-order valence-electron chi connectivity index (χ4n) is 7.01. The minimum absolute atomic E-state index is 0.448. The lowest BCUT2D eigenvalue weighted by molar-refractivity contribution is 0.447. The van der Waals surface area contributed by atoms with Crippen molar-refractivity contribution in [3.8, 4) is 22.6 Å². The number of fused-ring (bicyclic) bond motifs is 13. The number of hydrogen-bond donors (Lipinski definition) is 0. The minimum atomic E-state index is -0.448. The number of benzene rings is 6. The summed E-state index contributed by atoms with van der Waals surface area (Å²) in [7, 11) is 0. The fourth-order valence-corrected chi connectivity index (χ4v) is 7.01. The molecule has 0 bridgehead atoms. The molecule has 0 aromatic heterocycles. The van der Waals surface area contributed by atoms with Crippen molar-refractivity contribution in [2.75, 3.05) is 0 Å². The molecule has 0 atom stereocenters. The van der Waals surface area contributed by atoms with Crippen LogP contribution in [-0.2, 0) is 5.41 Å². The van der Waals surface area contributed by atoms with Crippen LogP contribution in [-0.4, -0.2) is 0 Å². The van der Waals surface area contributed by atoms with Crippen LogP contribution in [0.15, 0.2) is 97.1 Å². The van der Waals surface area contributed by atoms with E-state index in [1.165, 1.54) is 77.2 Å². The van der Waals surface area contributed by atoms with Gasteiger partial charge in [0.15, 0.2) is 0 Å². The van der Waals surface area contributed by atoms with E-state index >= 15 is 0 Å². The Morgan fingerprint density at radius 3 is 1.34 bits per heavy atom. The van der Waals surface area contributed by atoms with Crippen LogP contribution in [0.5, 0.6) is 11.5 Å². The van der Waals surface area contributed by atoms with Crippen LogP contribution in [0.3, 0.4) is 0 Å². The number of rotatable bonds is 0. The van der Waals surface area contributed by atoms with Crippen molar-refractivity contribution in [2.24, 2.45) is 0 Å². The lowest BCUT2D eigenvalue weighted by Gasteiger charge is -2.40. The lowest BCUT2D eigenvalue weighted by atomic mass is 9.65. The second-order valence-electron chi connectivity index (χ2n) is 11.1. The third kappa shape index (κ3) is 2.56. The predicted molar refractivity (Wildman–Crippen MR) is 158 cm³/mol. The summed E-state index contributed by atoms with van der Waals surface area (Å²) in [5.41, 5.74) is 12.4. The third-order valence-electron chi connectivity index (χ3n) is 9.13. The van der Waals surface area contributed by atoms with Gasteiger partial charge >= 0.3 is 0 Å². The Bertz CT molecular complexity index is 1850. The normalized spacial score (nSPS) is 14.2. The zero-order valence-corrected chi connectivity index (χ0v) is 22.1. The Labute approximate surface area is 223 Å². The van der Waals surface area contributed by atoms with Crippen LogP contribution in [0.4, 0.5) is 0 Å². The maximum absolute atomic E-state index is 7.11. The van der Waals surface area contributed by atoms with E-state index in [1.54, 1.807) is 0 Å². The Morgan fingerprint density at radius 1 is 0.447 bits per heavy atom. The van der Waals surface area contributed by atoms with Crippen LogP contribution < -0.4 is 4.74 Å². The highest BCUT2D eigenvalue weighted by atomic mass is 16.5. The van der Waals surface area contributed by atoms with E-state index < -0.39 is 5.41 Å².